The van der Waals surface area contributed by atoms with Crippen molar-refractivity contribution in [1.29, 1.82) is 0 Å². The second kappa shape index (κ2) is 5.64. The lowest BCUT2D eigenvalue weighted by Crippen LogP contribution is -2.22. The van der Waals surface area contributed by atoms with Crippen molar-refractivity contribution in [1.82, 2.24) is 14.5 Å². The minimum Gasteiger partial charge on any atom is -0.319 e. The number of anilines is 1. The van der Waals surface area contributed by atoms with Crippen molar-refractivity contribution in [2.45, 2.75) is 19.8 Å². The van der Waals surface area contributed by atoms with Crippen LogP contribution in [0, 0.1) is 0 Å². The van der Waals surface area contributed by atoms with E-state index in [0.717, 1.165) is 5.56 Å². The molecule has 1 amide bonds. The smallest absolute Gasteiger partial charge is 0.274 e. The molecule has 6 heteroatoms. The Balaban J connectivity index is 2.21. The van der Waals surface area contributed by atoms with E-state index < -0.39 is 5.91 Å². The molecule has 0 atom stereocenters. The van der Waals surface area contributed by atoms with Gasteiger partial charge < -0.3 is 9.88 Å². The molecule has 1 N–H and O–H groups in total. The highest BCUT2D eigenvalue weighted by atomic mass is 16.2. The third-order valence-corrected chi connectivity index (χ3v) is 2.89. The van der Waals surface area contributed by atoms with Gasteiger partial charge in [0.2, 0.25) is 0 Å². The van der Waals surface area contributed by atoms with E-state index in [9.17, 15) is 9.59 Å². The van der Waals surface area contributed by atoms with E-state index in [1.54, 1.807) is 19.4 Å². The number of nitrogens with one attached hydrogen (secondary N) is 1. The van der Waals surface area contributed by atoms with Gasteiger partial charge in [0.25, 0.3) is 11.5 Å². The van der Waals surface area contributed by atoms with Gasteiger partial charge in [-0.25, -0.2) is 4.98 Å². The Bertz CT molecular complexity index is 692. The minimum absolute atomic E-state index is 0.0862. The van der Waals surface area contributed by atoms with Gasteiger partial charge in [0, 0.05) is 19.3 Å². The number of aromatic nitrogens is 3. The van der Waals surface area contributed by atoms with E-state index in [2.05, 4.69) is 15.3 Å². The summed E-state index contributed by atoms with van der Waals surface area (Å²) in [6.45, 7) is 4.09. The number of pyridine rings is 1. The van der Waals surface area contributed by atoms with Crippen LogP contribution >= 0.6 is 0 Å². The van der Waals surface area contributed by atoms with Crippen molar-refractivity contribution >= 4 is 11.6 Å². The third kappa shape index (κ3) is 3.09. The molecule has 2 heterocycles. The lowest BCUT2D eigenvalue weighted by Gasteiger charge is -2.08. The highest BCUT2D eigenvalue weighted by Crippen LogP contribution is 2.17. The van der Waals surface area contributed by atoms with Crippen LogP contribution in [-0.4, -0.2) is 20.4 Å². The molecule has 0 bridgehead atoms. The number of aryl methyl sites for hydroxylation is 1. The largest absolute Gasteiger partial charge is 0.319 e. The molecule has 0 aromatic carbocycles. The average Bonchev–Trinajstić information content (AvgIpc) is 2.42. The van der Waals surface area contributed by atoms with E-state index in [-0.39, 0.29) is 11.3 Å². The number of nitrogens with zero attached hydrogens (tertiary/aromatic N) is 3. The first-order chi connectivity index (χ1) is 9.47. The summed E-state index contributed by atoms with van der Waals surface area (Å²) >= 11 is 0. The summed E-state index contributed by atoms with van der Waals surface area (Å²) in [6, 6.07) is 3.06. The Morgan fingerprint density at radius 2 is 2.05 bits per heavy atom. The maximum atomic E-state index is 12.0. The Kier molecular flexibility index (Phi) is 3.93. The van der Waals surface area contributed by atoms with Crippen LogP contribution in [0.25, 0.3) is 0 Å². The molecule has 104 valence electrons. The van der Waals surface area contributed by atoms with E-state index in [1.807, 2.05) is 19.9 Å². The monoisotopic (exact) mass is 272 g/mol. The van der Waals surface area contributed by atoms with Gasteiger partial charge >= 0.3 is 0 Å². The van der Waals surface area contributed by atoms with Crippen molar-refractivity contribution < 1.29 is 4.79 Å². The lowest BCUT2D eigenvalue weighted by molar-refractivity contribution is 0.102. The quantitative estimate of drug-likeness (QED) is 0.919. The van der Waals surface area contributed by atoms with Gasteiger partial charge in [0.15, 0.2) is 0 Å². The van der Waals surface area contributed by atoms with Crippen LogP contribution in [0.4, 0.5) is 5.69 Å². The second-order valence-corrected chi connectivity index (χ2v) is 4.84. The van der Waals surface area contributed by atoms with Crippen molar-refractivity contribution in [3.8, 4) is 0 Å². The molecular formula is C14H16N4O2. The average molecular weight is 272 g/mol. The number of hydrogen-bond acceptors (Lipinski definition) is 4. The Morgan fingerprint density at radius 3 is 2.70 bits per heavy atom. The van der Waals surface area contributed by atoms with Crippen LogP contribution in [-0.2, 0) is 7.05 Å². The molecule has 0 saturated carbocycles. The predicted octanol–water partition coefficient (Wildman–Crippen LogP) is 1.55. The molecule has 2 aromatic rings. The van der Waals surface area contributed by atoms with E-state index in [0.29, 0.717) is 11.6 Å². The molecule has 2 rings (SSSR count). The fraction of sp³-hybridized carbons (Fsp3) is 0.286. The van der Waals surface area contributed by atoms with Crippen LogP contribution in [0.15, 0.2) is 35.6 Å². The van der Waals surface area contributed by atoms with Gasteiger partial charge in [-0.05, 0) is 17.5 Å². The van der Waals surface area contributed by atoms with Crippen LogP contribution in [0.1, 0.15) is 35.8 Å². The molecular weight excluding hydrogens is 256 g/mol. The summed E-state index contributed by atoms with van der Waals surface area (Å²) in [5.74, 6) is -0.105. The fourth-order valence-electron chi connectivity index (χ4n) is 1.62. The molecule has 0 spiro atoms. The Hall–Kier alpha value is -2.50. The summed E-state index contributed by atoms with van der Waals surface area (Å²) in [5, 5.41) is 2.69. The molecule has 6 nitrogen and oxygen atoms in total. The molecule has 20 heavy (non-hydrogen) atoms. The van der Waals surface area contributed by atoms with Crippen LogP contribution in [0.3, 0.4) is 0 Å². The van der Waals surface area contributed by atoms with Crippen LogP contribution in [0.5, 0.6) is 0 Å². The molecule has 0 aliphatic heterocycles. The molecule has 0 aliphatic carbocycles. The predicted molar refractivity (Wildman–Crippen MR) is 75.8 cm³/mol. The van der Waals surface area contributed by atoms with Crippen molar-refractivity contribution in [3.05, 3.63) is 52.5 Å². The standard InChI is InChI=1S/C14H16N4O2/c1-9(2)10-4-11(7-15-6-10)17-14(20)12-5-13(19)18(3)8-16-12/h4-9H,1-3H3,(H,17,20). The minimum atomic E-state index is -0.426. The zero-order valence-corrected chi connectivity index (χ0v) is 11.6. The van der Waals surface area contributed by atoms with Gasteiger partial charge in [-0.2, -0.15) is 0 Å². The molecule has 0 aliphatic rings. The summed E-state index contributed by atoms with van der Waals surface area (Å²) in [7, 11) is 1.58. The maximum absolute atomic E-state index is 12.0. The first-order valence-corrected chi connectivity index (χ1v) is 6.26. The zero-order chi connectivity index (χ0) is 14.7. The van der Waals surface area contributed by atoms with Gasteiger partial charge in [-0.15, -0.1) is 0 Å². The number of carbonyl (C=O) groups is 1. The van der Waals surface area contributed by atoms with Gasteiger partial charge in [0.05, 0.1) is 18.2 Å². The summed E-state index contributed by atoms with van der Waals surface area (Å²) in [4.78, 5) is 31.5. The first kappa shape index (κ1) is 13.9. The first-order valence-electron chi connectivity index (χ1n) is 6.26. The Morgan fingerprint density at radius 1 is 1.30 bits per heavy atom. The van der Waals surface area contributed by atoms with Crippen LogP contribution < -0.4 is 10.9 Å². The number of rotatable bonds is 3. The van der Waals surface area contributed by atoms with E-state index in [4.69, 9.17) is 0 Å². The normalized spacial score (nSPS) is 10.6. The number of hydrogen-bond donors (Lipinski definition) is 1. The zero-order valence-electron chi connectivity index (χ0n) is 11.6. The van der Waals surface area contributed by atoms with E-state index in [1.165, 1.54) is 17.0 Å². The number of carbonyl (C=O) groups excluding carboxylic acids is 1. The summed E-state index contributed by atoms with van der Waals surface area (Å²) in [5.41, 5.74) is 1.42. The van der Waals surface area contributed by atoms with Gasteiger partial charge in [-0.3, -0.25) is 14.6 Å². The summed E-state index contributed by atoms with van der Waals surface area (Å²) < 4.78 is 1.30. The Labute approximate surface area is 116 Å². The van der Waals surface area contributed by atoms with Crippen molar-refractivity contribution in [2.75, 3.05) is 5.32 Å². The second-order valence-electron chi connectivity index (χ2n) is 4.84. The number of amides is 1. The third-order valence-electron chi connectivity index (χ3n) is 2.89. The molecule has 0 radical (unpaired) electrons. The van der Waals surface area contributed by atoms with E-state index >= 15 is 0 Å². The van der Waals surface area contributed by atoms with Crippen LogP contribution in [0.2, 0.25) is 0 Å². The fourth-order valence-corrected chi connectivity index (χ4v) is 1.62. The molecule has 0 unspecified atom stereocenters. The van der Waals surface area contributed by atoms with Crippen molar-refractivity contribution in [2.24, 2.45) is 7.05 Å². The SMILES string of the molecule is CC(C)c1cncc(NC(=O)c2cc(=O)n(C)cn2)c1. The maximum Gasteiger partial charge on any atom is 0.274 e. The highest BCUT2D eigenvalue weighted by molar-refractivity contribution is 6.02. The molecule has 0 saturated heterocycles. The topological polar surface area (TPSA) is 76.9 Å². The molecule has 0 fully saturated rings. The summed E-state index contributed by atoms with van der Waals surface area (Å²) in [6.07, 6.45) is 4.64. The molecule has 2 aromatic heterocycles. The van der Waals surface area contributed by atoms with Gasteiger partial charge in [-0.1, -0.05) is 13.8 Å². The van der Waals surface area contributed by atoms with Crippen molar-refractivity contribution in [3.63, 3.8) is 0 Å². The van der Waals surface area contributed by atoms with Gasteiger partial charge in [0.1, 0.15) is 5.69 Å². The lowest BCUT2D eigenvalue weighted by atomic mass is 10.1. The highest BCUT2D eigenvalue weighted by Gasteiger charge is 2.10.